The SMILES string of the molecule is C=CC[C@@H]1/C=C(\C)C[C@H](C)C[C@H](OC)[C@H]2O[C@@](O)(CC(=O)N3CCCC3C(=O)O[C@H](/C(C)=C/[C@@H]3CCC(O)[C@H](O)C3)[C@H](C)[C@@H](O)CC1=O)[C@H](C)C[C@@H]2OC. The first-order valence-corrected chi connectivity index (χ1v) is 20.0. The van der Waals surface area contributed by atoms with E-state index in [0.717, 1.165) is 5.57 Å². The average molecular weight is 762 g/mol. The minimum atomic E-state index is -1.83. The Labute approximate surface area is 321 Å². The second-order valence-corrected chi connectivity index (χ2v) is 16.8. The van der Waals surface area contributed by atoms with Crippen molar-refractivity contribution in [2.24, 2.45) is 29.6 Å². The minimum Gasteiger partial charge on any atom is -0.456 e. The number of fused-ring (bicyclic) bond motifs is 3. The van der Waals surface area contributed by atoms with Crippen molar-refractivity contribution in [1.29, 1.82) is 0 Å². The molecule has 2 bridgehead atoms. The maximum Gasteiger partial charge on any atom is 0.329 e. The molecule has 0 radical (unpaired) electrons. The second-order valence-electron chi connectivity index (χ2n) is 16.8. The topological polar surface area (TPSA) is 172 Å². The number of hydrogen-bond donors (Lipinski definition) is 4. The molecule has 1 amide bonds. The highest BCUT2D eigenvalue weighted by atomic mass is 16.7. The van der Waals surface area contributed by atoms with Crippen LogP contribution in [-0.2, 0) is 33.3 Å². The predicted octanol–water partition coefficient (Wildman–Crippen LogP) is 4.42. The number of methoxy groups -OCH3 is 2. The number of aliphatic hydroxyl groups is 4. The first kappa shape index (κ1) is 44.3. The molecule has 0 aromatic carbocycles. The molecule has 4 rings (SSSR count). The van der Waals surface area contributed by atoms with E-state index in [1.807, 2.05) is 32.9 Å². The highest BCUT2D eigenvalue weighted by molar-refractivity contribution is 5.86. The Morgan fingerprint density at radius 1 is 0.981 bits per heavy atom. The molecule has 0 aromatic heterocycles. The third-order valence-electron chi connectivity index (χ3n) is 12.4. The van der Waals surface area contributed by atoms with Gasteiger partial charge in [0.1, 0.15) is 24.0 Å². The molecule has 3 fully saturated rings. The molecule has 2 saturated heterocycles. The van der Waals surface area contributed by atoms with Gasteiger partial charge in [0, 0.05) is 44.9 Å². The number of allylic oxidation sites excluding steroid dienone is 4. The third-order valence-corrected chi connectivity index (χ3v) is 12.4. The third kappa shape index (κ3) is 10.9. The number of esters is 1. The molecule has 1 saturated carbocycles. The highest BCUT2D eigenvalue weighted by Crippen LogP contribution is 2.40. The van der Waals surface area contributed by atoms with Crippen LogP contribution in [0.3, 0.4) is 0 Å². The average Bonchev–Trinajstić information content (AvgIpc) is 3.62. The molecule has 0 spiro atoms. The predicted molar refractivity (Wildman–Crippen MR) is 203 cm³/mol. The van der Waals surface area contributed by atoms with Gasteiger partial charge < -0.3 is 44.3 Å². The number of carbonyl (C=O) groups excluding carboxylic acids is 3. The van der Waals surface area contributed by atoms with Crippen molar-refractivity contribution >= 4 is 17.7 Å². The van der Waals surface area contributed by atoms with Crippen LogP contribution in [0.1, 0.15) is 105 Å². The van der Waals surface area contributed by atoms with E-state index in [0.29, 0.717) is 69.9 Å². The Morgan fingerprint density at radius 2 is 1.67 bits per heavy atom. The number of Topliss-reactive ketones (excluding diaryl/α,β-unsaturated/α-hetero) is 1. The molecule has 4 aliphatic rings. The monoisotopic (exact) mass is 761 g/mol. The summed E-state index contributed by atoms with van der Waals surface area (Å²) >= 11 is 0. The van der Waals surface area contributed by atoms with Crippen molar-refractivity contribution < 1.29 is 53.8 Å². The van der Waals surface area contributed by atoms with Gasteiger partial charge >= 0.3 is 5.97 Å². The van der Waals surface area contributed by atoms with Gasteiger partial charge in [0.05, 0.1) is 36.9 Å². The van der Waals surface area contributed by atoms with Crippen molar-refractivity contribution in [3.8, 4) is 0 Å². The summed E-state index contributed by atoms with van der Waals surface area (Å²) < 4.78 is 24.5. The van der Waals surface area contributed by atoms with Crippen LogP contribution in [0.2, 0.25) is 0 Å². The molecule has 306 valence electrons. The zero-order valence-corrected chi connectivity index (χ0v) is 33.5. The Morgan fingerprint density at radius 3 is 2.31 bits per heavy atom. The molecular formula is C42H67NO11. The van der Waals surface area contributed by atoms with Crippen LogP contribution in [0.5, 0.6) is 0 Å². The first-order chi connectivity index (χ1) is 25.5. The zero-order chi connectivity index (χ0) is 39.9. The largest absolute Gasteiger partial charge is 0.456 e. The van der Waals surface area contributed by atoms with E-state index in [1.54, 1.807) is 27.2 Å². The number of carbonyl (C=O) groups is 3. The molecule has 1 aliphatic carbocycles. The Balaban J connectivity index is 1.72. The zero-order valence-electron chi connectivity index (χ0n) is 33.5. The maximum absolute atomic E-state index is 14.1. The Hall–Kier alpha value is -2.45. The van der Waals surface area contributed by atoms with Crippen LogP contribution in [0.4, 0.5) is 0 Å². The van der Waals surface area contributed by atoms with Gasteiger partial charge in [-0.3, -0.25) is 9.59 Å². The van der Waals surface area contributed by atoms with Gasteiger partial charge in [0.25, 0.3) is 0 Å². The van der Waals surface area contributed by atoms with Crippen molar-refractivity contribution in [2.75, 3.05) is 20.8 Å². The molecule has 2 unspecified atom stereocenters. The molecular weight excluding hydrogens is 694 g/mol. The van der Waals surface area contributed by atoms with E-state index in [4.69, 9.17) is 18.9 Å². The van der Waals surface area contributed by atoms with Gasteiger partial charge in [-0.25, -0.2) is 4.79 Å². The van der Waals surface area contributed by atoms with Crippen molar-refractivity contribution in [2.45, 2.75) is 160 Å². The highest BCUT2D eigenvalue weighted by Gasteiger charge is 2.51. The van der Waals surface area contributed by atoms with E-state index < -0.39 is 84.2 Å². The van der Waals surface area contributed by atoms with E-state index in [1.165, 1.54) is 4.90 Å². The van der Waals surface area contributed by atoms with Crippen molar-refractivity contribution in [3.05, 3.63) is 36.0 Å². The molecule has 14 atom stereocenters. The fourth-order valence-corrected chi connectivity index (χ4v) is 9.11. The van der Waals surface area contributed by atoms with Gasteiger partial charge in [-0.1, -0.05) is 44.6 Å². The molecule has 12 heteroatoms. The summed E-state index contributed by atoms with van der Waals surface area (Å²) in [4.78, 5) is 43.4. The van der Waals surface area contributed by atoms with Gasteiger partial charge in [0.15, 0.2) is 5.79 Å². The summed E-state index contributed by atoms with van der Waals surface area (Å²) in [6.07, 6.45) is 4.14. The fourth-order valence-electron chi connectivity index (χ4n) is 9.11. The second kappa shape index (κ2) is 19.6. The number of nitrogens with zero attached hydrogens (tertiary/aromatic N) is 1. The van der Waals surface area contributed by atoms with Crippen LogP contribution in [0.15, 0.2) is 36.0 Å². The van der Waals surface area contributed by atoms with Gasteiger partial charge in [-0.2, -0.15) is 0 Å². The number of aliphatic hydroxyl groups excluding tert-OH is 3. The van der Waals surface area contributed by atoms with E-state index >= 15 is 0 Å². The van der Waals surface area contributed by atoms with Crippen LogP contribution in [0, 0.1) is 29.6 Å². The van der Waals surface area contributed by atoms with Crippen molar-refractivity contribution in [1.82, 2.24) is 4.90 Å². The molecule has 3 aliphatic heterocycles. The molecule has 4 N–H and O–H groups in total. The van der Waals surface area contributed by atoms with E-state index in [2.05, 4.69) is 13.5 Å². The lowest BCUT2D eigenvalue weighted by Gasteiger charge is -2.47. The normalized spacial score (nSPS) is 42.3. The number of hydrogen-bond acceptors (Lipinski definition) is 11. The Kier molecular flexibility index (Phi) is 16.1. The van der Waals surface area contributed by atoms with Gasteiger partial charge in [0.2, 0.25) is 5.91 Å². The molecule has 3 heterocycles. The lowest BCUT2D eigenvalue weighted by atomic mass is 9.81. The summed E-state index contributed by atoms with van der Waals surface area (Å²) in [5.41, 5.74) is 1.66. The number of ketones is 1. The summed E-state index contributed by atoms with van der Waals surface area (Å²) in [6.45, 7) is 13.6. The number of rotatable bonds is 6. The summed E-state index contributed by atoms with van der Waals surface area (Å²) in [7, 11) is 3.19. The van der Waals surface area contributed by atoms with Crippen LogP contribution >= 0.6 is 0 Å². The molecule has 12 nitrogen and oxygen atoms in total. The van der Waals surface area contributed by atoms with Gasteiger partial charge in [-0.05, 0) is 89.0 Å². The van der Waals surface area contributed by atoms with E-state index in [-0.39, 0.29) is 30.5 Å². The van der Waals surface area contributed by atoms with Crippen LogP contribution in [0.25, 0.3) is 0 Å². The molecule has 0 aromatic rings. The van der Waals surface area contributed by atoms with Crippen molar-refractivity contribution in [3.63, 3.8) is 0 Å². The standard InChI is InChI=1S/C42H67NO11/c1-9-11-30-17-24(2)16-25(3)18-36(51-7)40-37(52-8)20-27(5)42(50,54-40)23-38(48)43-15-10-12-31(43)41(49)53-39(28(6)33(45)22-34(30)46)26(4)19-29-13-14-32(44)35(47)21-29/h9,17,19,25,27-33,35-37,39-40,44-45,47,50H,1,10-16,18,20-23H2,2-8H3/b24-17+,26-19+/t25-,27+,28+,29-,30+,31?,32?,33-,35+,36-,37-,39+,40+,42-/m0/s1. The minimum absolute atomic E-state index is 0.0901. The first-order valence-electron chi connectivity index (χ1n) is 20.0. The summed E-state index contributed by atoms with van der Waals surface area (Å²) in [5, 5.41) is 44.1. The summed E-state index contributed by atoms with van der Waals surface area (Å²) in [6, 6.07) is -0.915. The Bertz CT molecular complexity index is 1370. The van der Waals surface area contributed by atoms with Crippen LogP contribution < -0.4 is 0 Å². The number of ether oxygens (including phenoxy) is 4. The van der Waals surface area contributed by atoms with E-state index in [9.17, 15) is 34.8 Å². The molecule has 54 heavy (non-hydrogen) atoms. The van der Waals surface area contributed by atoms with Crippen LogP contribution in [-0.4, -0.2) is 118 Å². The fraction of sp³-hybridized carbons (Fsp3) is 0.786. The lowest BCUT2D eigenvalue weighted by Crippen LogP contribution is -2.59. The number of amides is 1. The number of cyclic esters (lactones) is 1. The maximum atomic E-state index is 14.1. The summed E-state index contributed by atoms with van der Waals surface area (Å²) in [5.74, 6) is -4.72. The van der Waals surface area contributed by atoms with Gasteiger partial charge in [-0.15, -0.1) is 6.58 Å². The smallest absolute Gasteiger partial charge is 0.329 e. The lowest BCUT2D eigenvalue weighted by molar-refractivity contribution is -0.321. The quantitative estimate of drug-likeness (QED) is 0.223.